The summed E-state index contributed by atoms with van der Waals surface area (Å²) in [5.74, 6) is 0. The van der Waals surface area contributed by atoms with Crippen molar-refractivity contribution in [3.63, 3.8) is 0 Å². The van der Waals surface area contributed by atoms with E-state index in [9.17, 15) is 0 Å². The number of aliphatic hydroxyl groups is 1. The standard InChI is InChI=1S/C14H21NO2/c15-10-7-12-6-5-9-14(13(12)17-14)8-3-1-2-4-11-16/h7,13,16H,1-6,8-9,11H2/b12-7-. The fourth-order valence-corrected chi connectivity index (χ4v) is 2.96. The van der Waals surface area contributed by atoms with Crippen molar-refractivity contribution in [3.05, 3.63) is 11.6 Å². The Morgan fingerprint density at radius 2 is 2.24 bits per heavy atom. The number of hydrogen-bond acceptors (Lipinski definition) is 3. The van der Waals surface area contributed by atoms with Crippen LogP contribution in [0.15, 0.2) is 11.6 Å². The van der Waals surface area contributed by atoms with Gasteiger partial charge in [0.25, 0.3) is 0 Å². The number of hydrogen-bond donors (Lipinski definition) is 1. The van der Waals surface area contributed by atoms with Gasteiger partial charge >= 0.3 is 0 Å². The van der Waals surface area contributed by atoms with Crippen LogP contribution in [0.2, 0.25) is 0 Å². The van der Waals surface area contributed by atoms with Crippen LogP contribution in [-0.4, -0.2) is 23.4 Å². The van der Waals surface area contributed by atoms with Gasteiger partial charge in [-0.3, -0.25) is 0 Å². The highest BCUT2D eigenvalue weighted by Gasteiger charge is 2.58. The van der Waals surface area contributed by atoms with Gasteiger partial charge in [0, 0.05) is 12.7 Å². The molecule has 3 heteroatoms. The Bertz CT molecular complexity index is 332. The molecular formula is C14H21NO2. The Morgan fingerprint density at radius 3 is 3.00 bits per heavy atom. The van der Waals surface area contributed by atoms with Gasteiger partial charge in [-0.1, -0.05) is 19.3 Å². The first kappa shape index (κ1) is 12.6. The minimum atomic E-state index is 0.0835. The van der Waals surface area contributed by atoms with Gasteiger partial charge < -0.3 is 9.84 Å². The Labute approximate surface area is 103 Å². The second-order valence-electron chi connectivity index (χ2n) is 5.15. The maximum absolute atomic E-state index is 8.71. The van der Waals surface area contributed by atoms with Gasteiger partial charge in [0.15, 0.2) is 0 Å². The van der Waals surface area contributed by atoms with Gasteiger partial charge in [0.05, 0.1) is 11.7 Å². The van der Waals surface area contributed by atoms with Crippen LogP contribution < -0.4 is 0 Å². The van der Waals surface area contributed by atoms with Crippen molar-refractivity contribution < 1.29 is 9.84 Å². The number of nitrogens with zero attached hydrogens (tertiary/aromatic N) is 1. The average Bonchev–Trinajstić information content (AvgIpc) is 3.05. The highest BCUT2D eigenvalue weighted by molar-refractivity contribution is 5.30. The molecule has 1 heterocycles. The first-order valence-corrected chi connectivity index (χ1v) is 6.70. The van der Waals surface area contributed by atoms with E-state index in [1.165, 1.54) is 18.4 Å². The zero-order valence-corrected chi connectivity index (χ0v) is 10.3. The molecule has 0 amide bonds. The van der Waals surface area contributed by atoms with Crippen molar-refractivity contribution in [1.29, 1.82) is 5.26 Å². The van der Waals surface area contributed by atoms with Crippen LogP contribution in [-0.2, 0) is 4.74 Å². The SMILES string of the molecule is N#C/C=C1/CCCC2(CCCCCCO)OC12. The minimum absolute atomic E-state index is 0.0835. The molecule has 0 aromatic rings. The number of nitriles is 1. The molecule has 0 radical (unpaired) electrons. The molecule has 17 heavy (non-hydrogen) atoms. The monoisotopic (exact) mass is 235 g/mol. The highest BCUT2D eigenvalue weighted by Crippen LogP contribution is 2.53. The molecule has 1 saturated heterocycles. The van der Waals surface area contributed by atoms with E-state index in [-0.39, 0.29) is 11.7 Å². The molecule has 2 fully saturated rings. The Morgan fingerprint density at radius 1 is 1.41 bits per heavy atom. The van der Waals surface area contributed by atoms with Crippen LogP contribution in [0.25, 0.3) is 0 Å². The highest BCUT2D eigenvalue weighted by atomic mass is 16.6. The van der Waals surface area contributed by atoms with Crippen LogP contribution >= 0.6 is 0 Å². The molecule has 1 aliphatic heterocycles. The second-order valence-corrected chi connectivity index (χ2v) is 5.15. The Hall–Kier alpha value is -0.850. The summed E-state index contributed by atoms with van der Waals surface area (Å²) in [6.07, 6.45) is 10.8. The van der Waals surface area contributed by atoms with E-state index in [2.05, 4.69) is 6.07 Å². The molecule has 94 valence electrons. The summed E-state index contributed by atoms with van der Waals surface area (Å²) < 4.78 is 5.87. The topological polar surface area (TPSA) is 56.5 Å². The molecule has 2 atom stereocenters. The van der Waals surface area contributed by atoms with Gasteiger partial charge in [-0.05, 0) is 37.7 Å². The number of aliphatic hydroxyl groups excluding tert-OH is 1. The lowest BCUT2D eigenvalue weighted by Gasteiger charge is -2.18. The molecular weight excluding hydrogens is 214 g/mol. The number of fused-ring (bicyclic) bond motifs is 1. The van der Waals surface area contributed by atoms with E-state index < -0.39 is 0 Å². The molecule has 1 N–H and O–H groups in total. The molecule has 1 saturated carbocycles. The maximum Gasteiger partial charge on any atom is 0.109 e. The normalized spacial score (nSPS) is 33.2. The van der Waals surface area contributed by atoms with Crippen molar-refractivity contribution in [2.24, 2.45) is 0 Å². The molecule has 3 nitrogen and oxygen atoms in total. The summed E-state index contributed by atoms with van der Waals surface area (Å²) in [5.41, 5.74) is 1.29. The smallest absolute Gasteiger partial charge is 0.109 e. The van der Waals surface area contributed by atoms with Gasteiger partial charge in [0.1, 0.15) is 6.10 Å². The molecule has 2 unspecified atom stereocenters. The number of epoxide rings is 1. The lowest BCUT2D eigenvalue weighted by molar-refractivity contribution is 0.259. The third kappa shape index (κ3) is 2.88. The van der Waals surface area contributed by atoms with Crippen LogP contribution in [0.5, 0.6) is 0 Å². The lowest BCUT2D eigenvalue weighted by Crippen LogP contribution is -2.20. The molecule has 0 aromatic carbocycles. The van der Waals surface area contributed by atoms with Crippen LogP contribution in [0.3, 0.4) is 0 Å². The largest absolute Gasteiger partial charge is 0.396 e. The first-order chi connectivity index (χ1) is 8.32. The van der Waals surface area contributed by atoms with Crippen LogP contribution in [0, 0.1) is 11.3 Å². The fraction of sp³-hybridized carbons (Fsp3) is 0.786. The van der Waals surface area contributed by atoms with Crippen LogP contribution in [0.4, 0.5) is 0 Å². The summed E-state index contributed by atoms with van der Waals surface area (Å²) in [6, 6.07) is 2.13. The van der Waals surface area contributed by atoms with E-state index in [1.54, 1.807) is 6.08 Å². The van der Waals surface area contributed by atoms with Crippen LogP contribution in [0.1, 0.15) is 51.4 Å². The third-order valence-electron chi connectivity index (χ3n) is 3.93. The maximum atomic E-state index is 8.71. The van der Waals surface area contributed by atoms with Gasteiger partial charge in [-0.25, -0.2) is 0 Å². The zero-order valence-electron chi connectivity index (χ0n) is 10.3. The van der Waals surface area contributed by atoms with E-state index in [0.717, 1.165) is 38.5 Å². The van der Waals surface area contributed by atoms with E-state index in [4.69, 9.17) is 15.1 Å². The third-order valence-corrected chi connectivity index (χ3v) is 3.93. The molecule has 2 rings (SSSR count). The lowest BCUT2D eigenvalue weighted by atomic mass is 9.82. The van der Waals surface area contributed by atoms with Crippen molar-refractivity contribution in [2.45, 2.75) is 63.1 Å². The van der Waals surface area contributed by atoms with E-state index in [0.29, 0.717) is 6.61 Å². The first-order valence-electron chi connectivity index (χ1n) is 6.70. The molecule has 1 aliphatic carbocycles. The van der Waals surface area contributed by atoms with Crippen molar-refractivity contribution >= 4 is 0 Å². The summed E-state index contributed by atoms with van der Waals surface area (Å²) in [6.45, 7) is 0.305. The van der Waals surface area contributed by atoms with E-state index >= 15 is 0 Å². The summed E-state index contributed by atoms with van der Waals surface area (Å²) in [4.78, 5) is 0. The van der Waals surface area contributed by atoms with Gasteiger partial charge in [0.2, 0.25) is 0 Å². The average molecular weight is 235 g/mol. The van der Waals surface area contributed by atoms with Crippen molar-refractivity contribution in [2.75, 3.05) is 6.61 Å². The molecule has 0 spiro atoms. The fourth-order valence-electron chi connectivity index (χ4n) is 2.96. The zero-order chi connectivity index (χ0) is 12.1. The van der Waals surface area contributed by atoms with E-state index in [1.807, 2.05) is 0 Å². The summed E-state index contributed by atoms with van der Waals surface area (Å²) >= 11 is 0. The number of allylic oxidation sites excluding steroid dienone is 1. The Balaban J connectivity index is 1.75. The van der Waals surface area contributed by atoms with Gasteiger partial charge in [-0.2, -0.15) is 5.26 Å². The predicted octanol–water partition coefficient (Wildman–Crippen LogP) is 2.70. The van der Waals surface area contributed by atoms with Crippen molar-refractivity contribution in [1.82, 2.24) is 0 Å². The quantitative estimate of drug-likeness (QED) is 0.437. The summed E-state index contributed by atoms with van der Waals surface area (Å²) in [5, 5.41) is 17.4. The Kier molecular flexibility index (Phi) is 4.20. The molecule has 2 aliphatic rings. The van der Waals surface area contributed by atoms with Gasteiger partial charge in [-0.15, -0.1) is 0 Å². The number of unbranched alkanes of at least 4 members (excludes halogenated alkanes) is 3. The second kappa shape index (κ2) is 5.66. The predicted molar refractivity (Wildman–Crippen MR) is 65.3 cm³/mol. The number of rotatable bonds is 6. The molecule has 0 bridgehead atoms. The van der Waals surface area contributed by atoms with Crippen molar-refractivity contribution in [3.8, 4) is 6.07 Å². The summed E-state index contributed by atoms with van der Waals surface area (Å²) in [7, 11) is 0. The molecule has 0 aromatic heterocycles. The number of ether oxygens (including phenoxy) is 1. The minimum Gasteiger partial charge on any atom is -0.396 e.